The van der Waals surface area contributed by atoms with Gasteiger partial charge in [0.15, 0.2) is 0 Å². The molecule has 2 N–H and O–H groups in total. The van der Waals surface area contributed by atoms with Crippen LogP contribution in [0.4, 0.5) is 0 Å². The SMILES string of the molecule is CCC(C)(O)c1ccccc1C(C)C[C@@](C)(SCC1(CC(=O)O)C(C)(C)C1(C)C)c1ccc(C)c(/C(C)=C/c2cc(C)c3c(C)c(C)c(Cl)cc3n2)c1C.[HH].[HH].[HH].[HH].[HH].[HH].[HH].[HH].[HH].[HH].[HH].[HH].[HH].[HH].[HH].[HH].[HH].[HH].[HH].[HH].[HH].[HH].[HH].[HH].[HH].[HH].[HH].[HH].[HH].[HH].[HH].[HH].[HH].[HH].[HH].[HH].[HH].[HH].[HH].[HH].[HH].[HH].[HH].[HH].[HH].[HH].[HH].[HH].[HH].[HH].[HH].[HH].[HH].[HH].[HH].[HH].[HH].[HH].[HH].[HH].[HH].[HH].[HH].[HH].[HH].[HH].[HH].[HH].[HH].[HH].[HH].[HH].[HH].[HH].[HH].[HH].[HH].[HH].[HH].[HH].[HH].[HH].[HH].[HH].[HH].[HH].[HH].[HH].[HH].[HH].[HH].[HH].[HH].[HH].[HH].[HH].[HH].[HH].[HH].[HH].[HH].[HH].[HH].[HH].[HH].[HH].[HH].[HH].[HH].[HH].[HH].[HH].[HH].[HH].[HH].[HH].[HH].[HH].[HH].[HH].[HH].[HH].[HH].[HH].[HH].[HH].[HH].[HH].[HH].[HH].[HH].[HH].[HH].[HH].[HH].[HH].[HH].[HH].[HH].[HH].[HH].[HH].[HH].[HH].[HH].[HH].[HH].[HH].[HH].[HH].[HH].[HH].[HH].[HH].[HH].[HH].[HH].[HH].[HH].[HH].[HH].[HH].[HH].[HH].[HH].[HH].[HH].[HH].[HH].[HH].[HH].[HH].[HH].[HH].[HH].[HH].[HH].[HH].[HH].[HH].[HH].[HH].[HH]. The molecule has 0 radical (unpaired) electrons. The van der Waals surface area contributed by atoms with Crippen LogP contribution in [-0.4, -0.2) is 26.9 Å². The molecular formula is C48H428ClNO3S. The van der Waals surface area contributed by atoms with Crippen LogP contribution < -0.4 is 0 Å². The van der Waals surface area contributed by atoms with E-state index in [1.54, 1.807) is 0 Å². The average Bonchev–Trinajstić information content (AvgIpc) is 3.41. The summed E-state index contributed by atoms with van der Waals surface area (Å²) >= 11 is 8.55. The predicted octanol–water partition coefficient (Wildman–Crippen LogP) is 58.3. The van der Waals surface area contributed by atoms with E-state index < -0.39 is 11.6 Å². The Morgan fingerprint density at radius 3 is 2.17 bits per heavy atom. The fourth-order valence-corrected chi connectivity index (χ4v) is 12.2. The van der Waals surface area contributed by atoms with Crippen molar-refractivity contribution in [1.82, 2.24) is 4.98 Å². The highest BCUT2D eigenvalue weighted by molar-refractivity contribution is 8.00. The van der Waals surface area contributed by atoms with Crippen molar-refractivity contribution in [2.75, 3.05) is 5.75 Å². The van der Waals surface area contributed by atoms with Crippen LogP contribution in [0.2, 0.25) is 5.02 Å². The van der Waals surface area contributed by atoms with E-state index in [9.17, 15) is 15.0 Å². The molecule has 0 saturated heterocycles. The zero-order valence-corrected chi connectivity index (χ0v) is 36.7. The second-order valence-electron chi connectivity index (χ2n) is 17.9. The van der Waals surface area contributed by atoms with E-state index in [1.807, 2.05) is 37.7 Å². The number of halogens is 1. The van der Waals surface area contributed by atoms with Gasteiger partial charge in [0.25, 0.3) is 0 Å². The van der Waals surface area contributed by atoms with Crippen molar-refractivity contribution in [3.63, 3.8) is 0 Å². The number of aryl methyl sites for hydroxylation is 3. The first kappa shape index (κ1) is 42.0. The van der Waals surface area contributed by atoms with Crippen molar-refractivity contribution in [2.45, 2.75) is 132 Å². The minimum Gasteiger partial charge on any atom is -0.481 e. The molecule has 4 nitrogen and oxygen atoms in total. The lowest BCUT2D eigenvalue weighted by molar-refractivity contribution is -0.138. The Morgan fingerprint density at radius 2 is 1.57 bits per heavy atom. The zero-order chi connectivity index (χ0) is 40.3. The van der Waals surface area contributed by atoms with E-state index >= 15 is 0 Å². The summed E-state index contributed by atoms with van der Waals surface area (Å²) < 4.78 is -0.373. The molecule has 4 aromatic rings. The smallest absolute Gasteiger partial charge is 0.303 e. The predicted molar refractivity (Wildman–Crippen MR) is 619 cm³/mol. The van der Waals surface area contributed by atoms with Gasteiger partial charge < -0.3 is 10.2 Å². The highest BCUT2D eigenvalue weighted by Gasteiger charge is 2.76. The summed E-state index contributed by atoms with van der Waals surface area (Å²) in [4.78, 5) is 17.5. The van der Waals surface area contributed by atoms with Crippen LogP contribution in [0.25, 0.3) is 22.6 Å². The number of hydrogen-bond donors (Lipinski definition) is 2. The third-order valence-electron chi connectivity index (χ3n) is 14.3. The highest BCUT2D eigenvalue weighted by Crippen LogP contribution is 2.80. The average molecular weight is 1140 g/mol. The Balaban J connectivity index is -0.00000000104. The molecule has 656 valence electrons. The molecule has 1 saturated carbocycles. The Hall–Kier alpha value is -3.12. The van der Waals surface area contributed by atoms with E-state index in [4.69, 9.17) is 16.6 Å². The number of aliphatic hydroxyl groups is 1. The molecule has 0 aliphatic heterocycles. The van der Waals surface area contributed by atoms with E-state index in [2.05, 4.69) is 126 Å². The molecular weight excluding hydrogens is 706 g/mol. The first-order chi connectivity index (χ1) is 25.0. The number of thioether (sulfide) groups is 1. The summed E-state index contributed by atoms with van der Waals surface area (Å²) in [7, 11) is 0. The van der Waals surface area contributed by atoms with Crippen LogP contribution in [-0.2, 0) is 15.1 Å². The van der Waals surface area contributed by atoms with Gasteiger partial charge in [0, 0.05) is 287 Å². The number of benzene rings is 3. The minimum absolute atomic E-state index is 0. The normalized spacial score (nSPS) is 18.9. The molecule has 1 aliphatic rings. The maximum atomic E-state index is 12.4. The van der Waals surface area contributed by atoms with Crippen LogP contribution in [0.5, 0.6) is 0 Å². The standard InChI is InChI=1S/C48H62ClNO3S.183H2/c1-15-46(13,53)38-19-17-16-18-36(38)31(5)25-47(14,54-27-48(26-41(51)52)44(9,10)45(48,11)12)37-21-20-28(2)42(34(37)8)29(3)22-35-23-30(4)43-33(7)32(6)39(49)24-40(43)50-35;;;;;;;;;;;;;;;;;;;;;;;;;;;;;;;;;;;;;;;;;;;;;;;;;;;;;;;;;;;;;;;;;;;;;;;;;;;;;;;;;;;;;;;;;;;;;;;;;;;;;;;;;;;;;;;;;;;;;;;;;;;;;;;;;;;;;;;;;;;;;;;;;;;;;;;;;;;;;;;;;;;;;;;;;;;;;;;;;;;;;;;/h16-24,31,53H,15,25-27H2,1-14H3,(H,51,52);183*1H/b29-22+;;;;;;;;;;;;;;;;;;;;;;;;;;;;;;;;;;;;;;;;;;;;;;;;;;;;;;;;;;;;;;;;;;;;;;;;;;;;;;;;;;;;;;;;;;;;;;;;;;;;;;;;;;;;;;;;;;;;;;;;;;;;;;;;;;;;;;;;;;;;;;;;;;;;;;;;;;;;;;;;;;;;;;;;;;;;;;;;;;;;;;;/t31?,46?,47-;;;;;;;;;;;;;;;;;;;;;;;;;;;;;;;;;;;;;;;;;;;;;;;;;;;;;;;;;;;;;;;;;;;;;;;;;;;;;;;;;;;;;;;;;;;;;;;;;;;;;;;;;;;;;;;;;;;;;;;;;;;;;;;;;;;;;;;;;;;;;;;;;;;;;;;;;;;;;;;;;;;;;;;;;;;;;;;;;;;;;;;/m1......................................................................................................................................................................................./s1. The summed E-state index contributed by atoms with van der Waals surface area (Å²) in [6.45, 7) is 30.5. The summed E-state index contributed by atoms with van der Waals surface area (Å²) in [5.41, 5.74) is 11.9. The lowest BCUT2D eigenvalue weighted by atomic mass is 9.78. The van der Waals surface area contributed by atoms with Crippen molar-refractivity contribution in [2.24, 2.45) is 16.2 Å². The number of hydrogen-bond acceptors (Lipinski definition) is 4. The van der Waals surface area contributed by atoms with Gasteiger partial charge in [-0.1, -0.05) is 89.5 Å². The Morgan fingerprint density at radius 1 is 0.944 bits per heavy atom. The maximum Gasteiger partial charge on any atom is 0.303 e. The number of carbonyl (C=O) groups is 1. The van der Waals surface area contributed by atoms with Gasteiger partial charge in [-0.15, -0.1) is 11.8 Å². The van der Waals surface area contributed by atoms with Crippen molar-refractivity contribution >= 4 is 51.9 Å². The van der Waals surface area contributed by atoms with E-state index in [0.717, 1.165) is 56.1 Å². The quantitative estimate of drug-likeness (QED) is 0.140. The minimum atomic E-state index is -0.936. The number of rotatable bonds is 13. The Kier molecular flexibility index (Phi) is 11.5. The lowest BCUT2D eigenvalue weighted by Crippen LogP contribution is -2.28. The van der Waals surface area contributed by atoms with Crippen molar-refractivity contribution < 1.29 is 276 Å². The number of pyridine rings is 1. The Bertz CT molecular complexity index is 2310. The van der Waals surface area contributed by atoms with Gasteiger partial charge in [-0.05, 0) is 159 Å². The zero-order valence-electron chi connectivity index (χ0n) is 35.1. The van der Waals surface area contributed by atoms with Gasteiger partial charge >= 0.3 is 5.97 Å². The van der Waals surface area contributed by atoms with Gasteiger partial charge in [0.1, 0.15) is 0 Å². The molecule has 0 bridgehead atoms. The molecule has 1 aliphatic carbocycles. The number of carboxylic acid groups (broad SMARTS) is 1. The fraction of sp³-hybridized carbons (Fsp3) is 0.500. The van der Waals surface area contributed by atoms with Gasteiger partial charge in [-0.25, -0.2) is 4.98 Å². The van der Waals surface area contributed by atoms with E-state index in [-0.39, 0.29) is 294 Å². The molecule has 5 rings (SSSR count). The molecule has 6 heteroatoms. The van der Waals surface area contributed by atoms with Crippen molar-refractivity contribution in [1.29, 1.82) is 0 Å². The fourth-order valence-electron chi connectivity index (χ4n) is 9.79. The van der Waals surface area contributed by atoms with Crippen LogP contribution in [0.15, 0.2) is 48.5 Å². The molecule has 0 amide bonds. The van der Waals surface area contributed by atoms with Gasteiger partial charge in [0.2, 0.25) is 0 Å². The number of aromatic nitrogens is 1. The molecule has 1 aromatic heterocycles. The number of fused-ring (bicyclic) bond motifs is 1. The number of allylic oxidation sites excluding steroid dienone is 1. The molecule has 1 fully saturated rings. The number of aliphatic carboxylic acids is 1. The van der Waals surface area contributed by atoms with Crippen molar-refractivity contribution in [3.8, 4) is 0 Å². The summed E-state index contributed by atoms with van der Waals surface area (Å²) in [6, 6.07) is 17.0. The number of carboxylic acids is 1. The molecule has 3 atom stereocenters. The van der Waals surface area contributed by atoms with Gasteiger partial charge in [-0.3, -0.25) is 4.79 Å². The largest absolute Gasteiger partial charge is 0.481 e. The molecule has 2 unspecified atom stereocenters. The summed E-state index contributed by atoms with van der Waals surface area (Å²) in [6.07, 6.45) is 3.78. The van der Waals surface area contributed by atoms with Crippen LogP contribution >= 0.6 is 23.4 Å². The van der Waals surface area contributed by atoms with E-state index in [1.165, 1.54) is 33.4 Å². The Labute approximate surface area is 605 Å². The van der Waals surface area contributed by atoms with Crippen LogP contribution in [0.1, 0.15) is 404 Å². The molecule has 54 heavy (non-hydrogen) atoms. The number of nitrogens with zero attached hydrogens (tertiary/aromatic N) is 1. The van der Waals surface area contributed by atoms with E-state index in [0.29, 0.717) is 6.42 Å². The molecule has 3 aromatic carbocycles. The topological polar surface area (TPSA) is 70.4 Å². The highest BCUT2D eigenvalue weighted by atomic mass is 35.5. The first-order valence-corrected chi connectivity index (χ1v) is 20.9. The van der Waals surface area contributed by atoms with Crippen molar-refractivity contribution in [3.05, 3.63) is 109 Å². The van der Waals surface area contributed by atoms with Gasteiger partial charge in [-0.2, -0.15) is 0 Å². The van der Waals surface area contributed by atoms with Crippen LogP contribution in [0.3, 0.4) is 0 Å². The second-order valence-corrected chi connectivity index (χ2v) is 19.8. The lowest BCUT2D eigenvalue weighted by Gasteiger charge is -2.38. The van der Waals surface area contributed by atoms with Gasteiger partial charge in [0.05, 0.1) is 23.2 Å². The molecule has 1 heterocycles. The summed E-state index contributed by atoms with van der Waals surface area (Å²) in [5.74, 6) is 0.118. The summed E-state index contributed by atoms with van der Waals surface area (Å²) in [5, 5.41) is 23.6. The maximum absolute atomic E-state index is 12.4. The monoisotopic (exact) mass is 1140 g/mol. The second kappa shape index (κ2) is 14.8. The van der Waals surface area contributed by atoms with Crippen LogP contribution in [0, 0.1) is 50.9 Å². The third-order valence-corrected chi connectivity index (χ3v) is 16.3. The molecule has 0 spiro atoms. The third kappa shape index (κ3) is 7.07. The first-order valence-electron chi connectivity index (χ1n) is 19.5.